The fourth-order valence-corrected chi connectivity index (χ4v) is 3.22. The molecule has 6 nitrogen and oxygen atoms in total. The van der Waals surface area contributed by atoms with Gasteiger partial charge in [-0.1, -0.05) is 6.07 Å². The summed E-state index contributed by atoms with van der Waals surface area (Å²) in [5.74, 6) is 0.365. The Kier molecular flexibility index (Phi) is 3.92. The largest absolute Gasteiger partial charge is 0.497 e. The maximum atomic E-state index is 12.7. The molecular formula is C17H21NO5. The van der Waals surface area contributed by atoms with Crippen molar-refractivity contribution in [1.29, 1.82) is 0 Å². The van der Waals surface area contributed by atoms with E-state index in [1.807, 2.05) is 18.2 Å². The molecule has 2 heterocycles. The highest BCUT2D eigenvalue weighted by atomic mass is 16.5. The first-order chi connectivity index (χ1) is 10.9. The van der Waals surface area contributed by atoms with Crippen LogP contribution >= 0.6 is 0 Å². The summed E-state index contributed by atoms with van der Waals surface area (Å²) in [6, 6.07) is 5.60. The Morgan fingerprint density at radius 1 is 1.43 bits per heavy atom. The van der Waals surface area contributed by atoms with Crippen LogP contribution in [-0.4, -0.2) is 48.7 Å². The highest BCUT2D eigenvalue weighted by molar-refractivity contribution is 5.82. The molecule has 0 radical (unpaired) electrons. The molecule has 1 fully saturated rings. The number of ether oxygens (including phenoxy) is 2. The highest BCUT2D eigenvalue weighted by Crippen LogP contribution is 2.34. The van der Waals surface area contributed by atoms with Crippen LogP contribution in [0.1, 0.15) is 18.9 Å². The van der Waals surface area contributed by atoms with Crippen molar-refractivity contribution in [3.05, 3.63) is 23.8 Å². The normalized spacial score (nSPS) is 26.3. The van der Waals surface area contributed by atoms with Crippen LogP contribution in [0.2, 0.25) is 0 Å². The van der Waals surface area contributed by atoms with Gasteiger partial charge in [0.05, 0.1) is 18.4 Å². The second kappa shape index (κ2) is 5.76. The van der Waals surface area contributed by atoms with Gasteiger partial charge in [-0.05, 0) is 31.4 Å². The van der Waals surface area contributed by atoms with E-state index in [0.29, 0.717) is 26.0 Å². The molecule has 1 saturated heterocycles. The van der Waals surface area contributed by atoms with Gasteiger partial charge in [0, 0.05) is 19.2 Å². The van der Waals surface area contributed by atoms with Crippen molar-refractivity contribution in [3.63, 3.8) is 0 Å². The topological polar surface area (TPSA) is 76.1 Å². The molecule has 124 valence electrons. The lowest BCUT2D eigenvalue weighted by Crippen LogP contribution is -2.41. The fourth-order valence-electron chi connectivity index (χ4n) is 3.22. The third-order valence-electron chi connectivity index (χ3n) is 4.83. The fraction of sp³-hybridized carbons (Fsp3) is 0.529. The molecule has 2 aliphatic rings. The Morgan fingerprint density at radius 3 is 2.87 bits per heavy atom. The molecule has 0 aromatic heterocycles. The smallest absolute Gasteiger partial charge is 0.311 e. The Hall–Kier alpha value is -2.24. The molecule has 1 amide bonds. The van der Waals surface area contributed by atoms with Crippen molar-refractivity contribution in [2.75, 3.05) is 26.8 Å². The minimum absolute atomic E-state index is 0.0172. The van der Waals surface area contributed by atoms with Crippen LogP contribution in [0, 0.1) is 11.3 Å². The van der Waals surface area contributed by atoms with Crippen LogP contribution in [-0.2, 0) is 16.0 Å². The number of rotatable bonds is 3. The summed E-state index contributed by atoms with van der Waals surface area (Å²) in [5, 5.41) is 9.29. The number of carboxylic acid groups (broad SMARTS) is 1. The number of nitrogens with zero attached hydrogens (tertiary/aromatic N) is 1. The van der Waals surface area contributed by atoms with Gasteiger partial charge in [0.15, 0.2) is 0 Å². The number of hydrogen-bond donors (Lipinski definition) is 1. The van der Waals surface area contributed by atoms with Crippen LogP contribution in [0.5, 0.6) is 11.5 Å². The molecule has 2 atom stereocenters. The Balaban J connectivity index is 1.69. The lowest BCUT2D eigenvalue weighted by atomic mass is 9.90. The van der Waals surface area contributed by atoms with E-state index >= 15 is 0 Å². The van der Waals surface area contributed by atoms with E-state index in [4.69, 9.17) is 9.47 Å². The average Bonchev–Trinajstić information content (AvgIpc) is 2.97. The summed E-state index contributed by atoms with van der Waals surface area (Å²) >= 11 is 0. The minimum atomic E-state index is -0.842. The average molecular weight is 319 g/mol. The number of methoxy groups -OCH3 is 1. The zero-order valence-electron chi connectivity index (χ0n) is 13.4. The monoisotopic (exact) mass is 319 g/mol. The first-order valence-electron chi connectivity index (χ1n) is 7.75. The molecule has 0 spiro atoms. The Bertz CT molecular complexity index is 644. The molecule has 1 aromatic rings. The summed E-state index contributed by atoms with van der Waals surface area (Å²) < 4.78 is 10.9. The number of likely N-dealkylation sites (tertiary alicyclic amines) is 1. The SMILES string of the molecule is COc1ccc2c(c1)OC[C@@H](C(=O)N1CC[C@](C)(C(=O)O)C1)C2. The van der Waals surface area contributed by atoms with Gasteiger partial charge in [0.25, 0.3) is 0 Å². The zero-order valence-corrected chi connectivity index (χ0v) is 13.4. The number of hydrogen-bond acceptors (Lipinski definition) is 4. The lowest BCUT2D eigenvalue weighted by molar-refractivity contribution is -0.147. The lowest BCUT2D eigenvalue weighted by Gasteiger charge is -2.29. The Labute approximate surface area is 135 Å². The minimum Gasteiger partial charge on any atom is -0.497 e. The quantitative estimate of drug-likeness (QED) is 0.915. The summed E-state index contributed by atoms with van der Waals surface area (Å²) in [6.07, 6.45) is 1.11. The summed E-state index contributed by atoms with van der Waals surface area (Å²) in [4.78, 5) is 25.7. The molecule has 0 saturated carbocycles. The summed E-state index contributed by atoms with van der Waals surface area (Å²) in [6.45, 7) is 2.78. The first-order valence-corrected chi connectivity index (χ1v) is 7.75. The predicted octanol–water partition coefficient (Wildman–Crippen LogP) is 1.57. The highest BCUT2D eigenvalue weighted by Gasteiger charge is 2.43. The Morgan fingerprint density at radius 2 is 2.22 bits per heavy atom. The van der Waals surface area contributed by atoms with Crippen LogP contribution in [0.25, 0.3) is 0 Å². The van der Waals surface area contributed by atoms with Gasteiger partial charge < -0.3 is 19.5 Å². The predicted molar refractivity (Wildman–Crippen MR) is 82.6 cm³/mol. The number of carbonyl (C=O) groups is 2. The van der Waals surface area contributed by atoms with Crippen molar-refractivity contribution in [2.24, 2.45) is 11.3 Å². The maximum absolute atomic E-state index is 12.7. The molecule has 0 unspecified atom stereocenters. The van der Waals surface area contributed by atoms with Gasteiger partial charge >= 0.3 is 5.97 Å². The van der Waals surface area contributed by atoms with Gasteiger partial charge in [0.2, 0.25) is 5.91 Å². The molecule has 2 aliphatic heterocycles. The van der Waals surface area contributed by atoms with Crippen molar-refractivity contribution >= 4 is 11.9 Å². The number of carboxylic acids is 1. The summed E-state index contributed by atoms with van der Waals surface area (Å²) in [7, 11) is 1.60. The van der Waals surface area contributed by atoms with Crippen molar-refractivity contribution in [3.8, 4) is 11.5 Å². The number of benzene rings is 1. The molecule has 1 aromatic carbocycles. The van der Waals surface area contributed by atoms with Gasteiger partial charge in [0.1, 0.15) is 18.1 Å². The molecule has 23 heavy (non-hydrogen) atoms. The van der Waals surface area contributed by atoms with Crippen molar-refractivity contribution in [2.45, 2.75) is 19.8 Å². The van der Waals surface area contributed by atoms with Crippen LogP contribution in [0.3, 0.4) is 0 Å². The number of carbonyl (C=O) groups excluding carboxylic acids is 1. The van der Waals surface area contributed by atoms with E-state index in [9.17, 15) is 14.7 Å². The first kappa shape index (κ1) is 15.6. The molecule has 0 bridgehead atoms. The molecule has 0 aliphatic carbocycles. The van der Waals surface area contributed by atoms with Gasteiger partial charge in [-0.2, -0.15) is 0 Å². The second-order valence-corrected chi connectivity index (χ2v) is 6.56. The molecule has 6 heteroatoms. The van der Waals surface area contributed by atoms with E-state index in [0.717, 1.165) is 17.1 Å². The van der Waals surface area contributed by atoms with Gasteiger partial charge in [-0.25, -0.2) is 0 Å². The molecule has 1 N–H and O–H groups in total. The number of aliphatic carboxylic acids is 1. The number of fused-ring (bicyclic) bond motifs is 1. The van der Waals surface area contributed by atoms with E-state index in [-0.39, 0.29) is 18.4 Å². The van der Waals surface area contributed by atoms with Gasteiger partial charge in [-0.15, -0.1) is 0 Å². The van der Waals surface area contributed by atoms with E-state index < -0.39 is 11.4 Å². The third kappa shape index (κ3) is 2.85. The third-order valence-corrected chi connectivity index (χ3v) is 4.83. The van der Waals surface area contributed by atoms with Crippen LogP contribution in [0.15, 0.2) is 18.2 Å². The van der Waals surface area contributed by atoms with Crippen molar-refractivity contribution < 1.29 is 24.2 Å². The van der Waals surface area contributed by atoms with Crippen LogP contribution < -0.4 is 9.47 Å². The van der Waals surface area contributed by atoms with E-state index in [1.54, 1.807) is 18.9 Å². The molecule has 3 rings (SSSR count). The second-order valence-electron chi connectivity index (χ2n) is 6.56. The van der Waals surface area contributed by atoms with E-state index in [1.165, 1.54) is 0 Å². The van der Waals surface area contributed by atoms with Gasteiger partial charge in [-0.3, -0.25) is 9.59 Å². The summed E-state index contributed by atoms with van der Waals surface area (Å²) in [5.41, 5.74) is 0.145. The zero-order chi connectivity index (χ0) is 16.6. The standard InChI is InChI=1S/C17H21NO5/c1-17(16(20)21)5-6-18(10-17)15(19)12-7-11-3-4-13(22-2)8-14(11)23-9-12/h3-4,8,12H,5-7,9-10H2,1-2H3,(H,20,21)/t12-,17-/m0/s1. The van der Waals surface area contributed by atoms with E-state index in [2.05, 4.69) is 0 Å². The van der Waals surface area contributed by atoms with Crippen molar-refractivity contribution in [1.82, 2.24) is 4.90 Å². The molecular weight excluding hydrogens is 298 g/mol. The maximum Gasteiger partial charge on any atom is 0.311 e. The van der Waals surface area contributed by atoms with Crippen LogP contribution in [0.4, 0.5) is 0 Å². The number of amides is 1.